The average Bonchev–Trinajstić information content (AvgIpc) is 3.68. The predicted octanol–water partition coefficient (Wildman–Crippen LogP) is 4.33. The van der Waals surface area contributed by atoms with Gasteiger partial charge in [-0.1, -0.05) is 42.5 Å². The lowest BCUT2D eigenvalue weighted by Crippen LogP contribution is -2.43. The van der Waals surface area contributed by atoms with Gasteiger partial charge in [0.25, 0.3) is 11.8 Å². The number of ether oxygens (including phenoxy) is 2. The van der Waals surface area contributed by atoms with E-state index in [9.17, 15) is 9.59 Å². The highest BCUT2D eigenvalue weighted by Gasteiger charge is 2.59. The summed E-state index contributed by atoms with van der Waals surface area (Å²) in [5.41, 5.74) is 3.50. The SMILES string of the molecule is COc1ccc(C(=O)Nc2cccc(CN3C(=O)[C@@]4(O[C@@H](CCn5cc(CCO)nn5)C[C@H]4C)c4ccccc43)c2)cc1. The molecule has 4 aromatic rings. The van der Waals surface area contributed by atoms with Crippen molar-refractivity contribution < 1.29 is 24.2 Å². The van der Waals surface area contributed by atoms with E-state index in [0.29, 0.717) is 42.9 Å². The van der Waals surface area contributed by atoms with Gasteiger partial charge in [0.1, 0.15) is 5.75 Å². The molecule has 1 fully saturated rings. The minimum atomic E-state index is -1.05. The van der Waals surface area contributed by atoms with Gasteiger partial charge in [0, 0.05) is 48.5 Å². The fourth-order valence-corrected chi connectivity index (χ4v) is 6.19. The largest absolute Gasteiger partial charge is 0.497 e. The highest BCUT2D eigenvalue weighted by molar-refractivity contribution is 6.07. The van der Waals surface area contributed by atoms with Crippen LogP contribution in [0.2, 0.25) is 0 Å². The molecule has 6 rings (SSSR count). The first-order valence-electron chi connectivity index (χ1n) is 14.5. The minimum absolute atomic E-state index is 0.0213. The van der Waals surface area contributed by atoms with E-state index in [0.717, 1.165) is 28.9 Å². The first-order chi connectivity index (χ1) is 20.9. The van der Waals surface area contributed by atoms with Crippen LogP contribution in [-0.2, 0) is 34.6 Å². The Kier molecular flexibility index (Phi) is 7.96. The van der Waals surface area contributed by atoms with E-state index in [4.69, 9.17) is 14.6 Å². The number of methoxy groups -OCH3 is 1. The van der Waals surface area contributed by atoms with Crippen LogP contribution in [0.15, 0.2) is 79.0 Å². The van der Waals surface area contributed by atoms with Gasteiger partial charge in [0.05, 0.1) is 31.1 Å². The molecule has 0 radical (unpaired) electrons. The number of fused-ring (bicyclic) bond motifs is 2. The van der Waals surface area contributed by atoms with Crippen molar-refractivity contribution in [2.75, 3.05) is 23.9 Å². The Labute approximate surface area is 250 Å². The zero-order valence-corrected chi connectivity index (χ0v) is 24.3. The third-order valence-corrected chi connectivity index (χ3v) is 8.33. The van der Waals surface area contributed by atoms with Gasteiger partial charge < -0.3 is 24.8 Å². The number of nitrogens with zero attached hydrogens (tertiary/aromatic N) is 4. The molecular formula is C33H35N5O5. The number of carbonyl (C=O) groups is 2. The zero-order valence-electron chi connectivity index (χ0n) is 24.3. The predicted molar refractivity (Wildman–Crippen MR) is 161 cm³/mol. The Morgan fingerprint density at radius 3 is 2.74 bits per heavy atom. The molecule has 1 saturated heterocycles. The summed E-state index contributed by atoms with van der Waals surface area (Å²) in [5, 5.41) is 20.4. The molecule has 0 unspecified atom stereocenters. The van der Waals surface area contributed by atoms with Crippen molar-refractivity contribution >= 4 is 23.2 Å². The quantitative estimate of drug-likeness (QED) is 0.286. The topological polar surface area (TPSA) is 119 Å². The number of amides is 2. The molecule has 3 heterocycles. The third-order valence-electron chi connectivity index (χ3n) is 8.33. The Balaban J connectivity index is 1.17. The molecule has 1 spiro atoms. The zero-order chi connectivity index (χ0) is 30.0. The maximum atomic E-state index is 14.3. The molecule has 43 heavy (non-hydrogen) atoms. The standard InChI is InChI=1S/C33H35N5O5/c1-22-18-28(14-16-37-21-26(15-17-39)35-36-37)43-33(22)29-8-3-4-9-30(29)38(32(33)41)20-23-6-5-7-25(19-23)34-31(40)24-10-12-27(42-2)13-11-24/h3-13,19,21-22,28,39H,14-18,20H2,1-2H3,(H,34,40)/t22-,28+,33+/m1/s1. The lowest BCUT2D eigenvalue weighted by atomic mass is 9.83. The first-order valence-corrected chi connectivity index (χ1v) is 14.5. The lowest BCUT2D eigenvalue weighted by molar-refractivity contribution is -0.146. The Morgan fingerprint density at radius 1 is 1.14 bits per heavy atom. The Hall–Kier alpha value is -4.54. The lowest BCUT2D eigenvalue weighted by Gasteiger charge is -2.28. The molecular weight excluding hydrogens is 546 g/mol. The molecule has 3 atom stereocenters. The van der Waals surface area contributed by atoms with E-state index in [1.807, 2.05) is 54.7 Å². The van der Waals surface area contributed by atoms with Crippen molar-refractivity contribution in [1.82, 2.24) is 15.0 Å². The van der Waals surface area contributed by atoms with Crippen LogP contribution < -0.4 is 15.0 Å². The van der Waals surface area contributed by atoms with E-state index in [1.165, 1.54) is 0 Å². The van der Waals surface area contributed by atoms with Crippen LogP contribution in [-0.4, -0.2) is 51.7 Å². The van der Waals surface area contributed by atoms with Crippen LogP contribution in [0, 0.1) is 5.92 Å². The average molecular weight is 582 g/mol. The number of anilines is 2. The van der Waals surface area contributed by atoms with E-state index in [-0.39, 0.29) is 30.4 Å². The van der Waals surface area contributed by atoms with Crippen molar-refractivity contribution in [2.45, 2.75) is 51.0 Å². The second-order valence-corrected chi connectivity index (χ2v) is 11.1. The van der Waals surface area contributed by atoms with Gasteiger partial charge in [0.2, 0.25) is 0 Å². The fraction of sp³-hybridized carbons (Fsp3) is 0.333. The molecule has 0 bridgehead atoms. The number of hydrogen-bond acceptors (Lipinski definition) is 7. The second kappa shape index (κ2) is 12.0. The molecule has 10 heteroatoms. The molecule has 2 aliphatic rings. The van der Waals surface area contributed by atoms with Crippen LogP contribution in [0.5, 0.6) is 5.75 Å². The number of hydrogen-bond donors (Lipinski definition) is 2. The van der Waals surface area contributed by atoms with Gasteiger partial charge >= 0.3 is 0 Å². The molecule has 2 aliphatic heterocycles. The van der Waals surface area contributed by atoms with Crippen molar-refractivity contribution in [2.24, 2.45) is 5.92 Å². The summed E-state index contributed by atoms with van der Waals surface area (Å²) in [6.07, 6.45) is 3.64. The summed E-state index contributed by atoms with van der Waals surface area (Å²) in [6, 6.07) is 22.3. The van der Waals surface area contributed by atoms with Crippen LogP contribution in [0.3, 0.4) is 0 Å². The molecule has 0 saturated carbocycles. The summed E-state index contributed by atoms with van der Waals surface area (Å²) in [6.45, 7) is 3.07. The molecule has 1 aromatic heterocycles. The van der Waals surface area contributed by atoms with Crippen molar-refractivity contribution in [3.8, 4) is 5.75 Å². The van der Waals surface area contributed by atoms with Crippen molar-refractivity contribution in [3.05, 3.63) is 101 Å². The highest BCUT2D eigenvalue weighted by Crippen LogP contribution is 2.53. The number of aliphatic hydroxyl groups is 1. The summed E-state index contributed by atoms with van der Waals surface area (Å²) < 4.78 is 13.6. The highest BCUT2D eigenvalue weighted by atomic mass is 16.5. The van der Waals surface area contributed by atoms with Gasteiger partial charge in [-0.25, -0.2) is 0 Å². The van der Waals surface area contributed by atoms with Gasteiger partial charge in [-0.3, -0.25) is 14.3 Å². The van der Waals surface area contributed by atoms with E-state index in [2.05, 4.69) is 22.6 Å². The molecule has 222 valence electrons. The molecule has 2 N–H and O–H groups in total. The number of rotatable bonds is 10. The van der Waals surface area contributed by atoms with Gasteiger partial charge in [0.15, 0.2) is 5.60 Å². The maximum absolute atomic E-state index is 14.3. The minimum Gasteiger partial charge on any atom is -0.497 e. The Bertz CT molecular complexity index is 1620. The van der Waals surface area contributed by atoms with Crippen LogP contribution in [0.4, 0.5) is 11.4 Å². The number of nitrogens with one attached hydrogen (secondary N) is 1. The van der Waals surface area contributed by atoms with Crippen LogP contribution >= 0.6 is 0 Å². The number of para-hydroxylation sites is 1. The summed E-state index contributed by atoms with van der Waals surface area (Å²) >= 11 is 0. The van der Waals surface area contributed by atoms with Crippen molar-refractivity contribution in [3.63, 3.8) is 0 Å². The van der Waals surface area contributed by atoms with Crippen LogP contribution in [0.1, 0.15) is 46.9 Å². The number of aliphatic hydroxyl groups excluding tert-OH is 1. The number of aryl methyl sites for hydroxylation is 1. The van der Waals surface area contributed by atoms with E-state index < -0.39 is 5.60 Å². The molecule has 2 amide bonds. The maximum Gasteiger partial charge on any atom is 0.264 e. The van der Waals surface area contributed by atoms with Gasteiger partial charge in [-0.15, -0.1) is 5.10 Å². The van der Waals surface area contributed by atoms with E-state index in [1.54, 1.807) is 41.0 Å². The summed E-state index contributed by atoms with van der Waals surface area (Å²) in [7, 11) is 1.58. The molecule has 0 aliphatic carbocycles. The van der Waals surface area contributed by atoms with Crippen LogP contribution in [0.25, 0.3) is 0 Å². The normalized spacial score (nSPS) is 20.9. The molecule has 3 aromatic carbocycles. The van der Waals surface area contributed by atoms with E-state index >= 15 is 0 Å². The summed E-state index contributed by atoms with van der Waals surface area (Å²) in [5.74, 6) is 0.368. The number of aromatic nitrogens is 3. The fourth-order valence-electron chi connectivity index (χ4n) is 6.19. The van der Waals surface area contributed by atoms with Gasteiger partial charge in [-0.05, 0) is 60.9 Å². The first kappa shape index (κ1) is 28.6. The smallest absolute Gasteiger partial charge is 0.264 e. The molecule has 10 nitrogen and oxygen atoms in total. The van der Waals surface area contributed by atoms with Gasteiger partial charge in [-0.2, -0.15) is 0 Å². The Morgan fingerprint density at radius 2 is 1.95 bits per heavy atom. The second-order valence-electron chi connectivity index (χ2n) is 11.1. The van der Waals surface area contributed by atoms with Crippen molar-refractivity contribution in [1.29, 1.82) is 0 Å². The number of benzene rings is 3. The monoisotopic (exact) mass is 581 g/mol. The number of carbonyl (C=O) groups excluding carboxylic acids is 2. The third kappa shape index (κ3) is 5.51. The summed E-state index contributed by atoms with van der Waals surface area (Å²) in [4.78, 5) is 28.9.